The molecule has 0 spiro atoms. The highest BCUT2D eigenvalue weighted by atomic mass is 79.9. The van der Waals surface area contributed by atoms with Crippen LogP contribution in [0.4, 0.5) is 5.69 Å². The van der Waals surface area contributed by atoms with Crippen LogP contribution in [-0.4, -0.2) is 11.0 Å². The van der Waals surface area contributed by atoms with Crippen molar-refractivity contribution in [2.24, 2.45) is 0 Å². The molecule has 0 fully saturated rings. The molecule has 5 heteroatoms. The number of anilines is 1. The zero-order valence-electron chi connectivity index (χ0n) is 10.2. The minimum absolute atomic E-state index is 0.0700. The van der Waals surface area contributed by atoms with E-state index in [1.807, 2.05) is 25.1 Å². The highest BCUT2D eigenvalue weighted by molar-refractivity contribution is 9.11. The predicted octanol–water partition coefficient (Wildman–Crippen LogP) is 4.18. The molecule has 0 saturated heterocycles. The highest BCUT2D eigenvalue weighted by Crippen LogP contribution is 2.25. The highest BCUT2D eigenvalue weighted by Gasteiger charge is 2.03. The Labute approximate surface area is 123 Å². The zero-order chi connectivity index (χ0) is 13.8. The van der Waals surface area contributed by atoms with Gasteiger partial charge in [-0.2, -0.15) is 0 Å². The number of carbonyl (C=O) groups excluding carboxylic acids is 1. The van der Waals surface area contributed by atoms with Crippen LogP contribution in [0.5, 0.6) is 5.75 Å². The summed E-state index contributed by atoms with van der Waals surface area (Å²) in [4.78, 5) is 12.7. The number of rotatable bonds is 3. The molecule has 1 heterocycles. The van der Waals surface area contributed by atoms with Crippen molar-refractivity contribution in [3.8, 4) is 5.75 Å². The average Bonchev–Trinajstić information content (AvgIpc) is 2.76. The molecule has 0 aliphatic rings. The number of hydrogen-bond donors (Lipinski definition) is 2. The number of aryl methyl sites for hydroxylation is 1. The third-order valence-corrected chi connectivity index (χ3v) is 3.99. The van der Waals surface area contributed by atoms with Crippen LogP contribution in [0.15, 0.2) is 40.2 Å². The van der Waals surface area contributed by atoms with E-state index in [9.17, 15) is 9.90 Å². The fraction of sp³-hybridized carbons (Fsp3) is 0.0714. The van der Waals surface area contributed by atoms with Crippen molar-refractivity contribution < 1.29 is 9.90 Å². The quantitative estimate of drug-likeness (QED) is 0.652. The summed E-state index contributed by atoms with van der Waals surface area (Å²) in [5.74, 6) is -0.204. The Morgan fingerprint density at radius 1 is 1.37 bits per heavy atom. The Balaban J connectivity index is 2.03. The SMILES string of the molecule is Cc1ccc(NC(=O)/C=C/c2ccc(Br)s2)c(O)c1. The molecule has 0 radical (unpaired) electrons. The first-order valence-electron chi connectivity index (χ1n) is 5.58. The summed E-state index contributed by atoms with van der Waals surface area (Å²) in [5.41, 5.74) is 1.35. The summed E-state index contributed by atoms with van der Waals surface area (Å²) in [6.45, 7) is 1.87. The zero-order valence-corrected chi connectivity index (χ0v) is 12.6. The lowest BCUT2D eigenvalue weighted by molar-refractivity contribution is -0.111. The van der Waals surface area contributed by atoms with Gasteiger partial charge >= 0.3 is 0 Å². The third-order valence-electron chi connectivity index (χ3n) is 2.40. The van der Waals surface area contributed by atoms with Crippen LogP contribution in [0.25, 0.3) is 6.08 Å². The second-order valence-electron chi connectivity index (χ2n) is 3.99. The van der Waals surface area contributed by atoms with Crippen LogP contribution >= 0.6 is 27.3 Å². The molecular formula is C14H12BrNO2S. The van der Waals surface area contributed by atoms with Gasteiger partial charge in [-0.25, -0.2) is 0 Å². The molecule has 2 N–H and O–H groups in total. The maximum Gasteiger partial charge on any atom is 0.248 e. The number of phenols is 1. The van der Waals surface area contributed by atoms with Gasteiger partial charge in [-0.05, 0) is 58.8 Å². The number of nitrogens with one attached hydrogen (secondary N) is 1. The van der Waals surface area contributed by atoms with E-state index in [-0.39, 0.29) is 11.7 Å². The standard InChI is InChI=1S/C14H12BrNO2S/c1-9-2-5-11(12(17)8-9)16-14(18)7-4-10-3-6-13(15)19-10/h2-8,17H,1H3,(H,16,18)/b7-4+. The van der Waals surface area contributed by atoms with Crippen LogP contribution in [0.2, 0.25) is 0 Å². The Hall–Kier alpha value is -1.59. The van der Waals surface area contributed by atoms with E-state index in [1.165, 1.54) is 6.08 Å². The Kier molecular flexibility index (Phi) is 4.39. The van der Waals surface area contributed by atoms with Crippen molar-refractivity contribution in [3.63, 3.8) is 0 Å². The summed E-state index contributed by atoms with van der Waals surface area (Å²) in [6, 6.07) is 8.96. The lowest BCUT2D eigenvalue weighted by atomic mass is 10.2. The lowest BCUT2D eigenvalue weighted by Crippen LogP contribution is -2.07. The molecule has 0 aliphatic carbocycles. The average molecular weight is 338 g/mol. The molecular weight excluding hydrogens is 326 g/mol. The van der Waals surface area contributed by atoms with Gasteiger partial charge in [0.2, 0.25) is 5.91 Å². The van der Waals surface area contributed by atoms with Crippen molar-refractivity contribution in [2.45, 2.75) is 6.92 Å². The fourth-order valence-electron chi connectivity index (χ4n) is 1.50. The Morgan fingerprint density at radius 2 is 2.16 bits per heavy atom. The van der Waals surface area contributed by atoms with E-state index in [4.69, 9.17) is 0 Å². The molecule has 2 rings (SSSR count). The second-order valence-corrected chi connectivity index (χ2v) is 6.48. The summed E-state index contributed by atoms with van der Waals surface area (Å²) < 4.78 is 1.02. The summed E-state index contributed by atoms with van der Waals surface area (Å²) in [6.07, 6.45) is 3.17. The first-order chi connectivity index (χ1) is 9.04. The number of carbonyl (C=O) groups is 1. The van der Waals surface area contributed by atoms with Crippen LogP contribution < -0.4 is 5.32 Å². The summed E-state index contributed by atoms with van der Waals surface area (Å²) >= 11 is 4.90. The van der Waals surface area contributed by atoms with Gasteiger partial charge in [-0.3, -0.25) is 4.79 Å². The van der Waals surface area contributed by atoms with Crippen molar-refractivity contribution in [1.29, 1.82) is 0 Å². The number of benzene rings is 1. The van der Waals surface area contributed by atoms with E-state index in [0.29, 0.717) is 5.69 Å². The Morgan fingerprint density at radius 3 is 2.79 bits per heavy atom. The van der Waals surface area contributed by atoms with E-state index < -0.39 is 0 Å². The van der Waals surface area contributed by atoms with Gasteiger partial charge in [0.15, 0.2) is 0 Å². The molecule has 2 aromatic rings. The van der Waals surface area contributed by atoms with Crippen molar-refractivity contribution >= 4 is 44.9 Å². The molecule has 0 aliphatic heterocycles. The van der Waals surface area contributed by atoms with Crippen LogP contribution in [0.3, 0.4) is 0 Å². The topological polar surface area (TPSA) is 49.3 Å². The monoisotopic (exact) mass is 337 g/mol. The number of hydrogen-bond acceptors (Lipinski definition) is 3. The summed E-state index contributed by atoms with van der Waals surface area (Å²) in [7, 11) is 0. The largest absolute Gasteiger partial charge is 0.506 e. The number of phenolic OH excluding ortho intramolecular Hbond substituents is 1. The smallest absolute Gasteiger partial charge is 0.248 e. The van der Waals surface area contributed by atoms with E-state index in [0.717, 1.165) is 14.2 Å². The molecule has 0 bridgehead atoms. The normalized spacial score (nSPS) is 10.8. The molecule has 1 amide bonds. The van der Waals surface area contributed by atoms with Gasteiger partial charge in [0, 0.05) is 11.0 Å². The van der Waals surface area contributed by atoms with Crippen LogP contribution in [0, 0.1) is 6.92 Å². The number of halogens is 1. The predicted molar refractivity (Wildman–Crippen MR) is 82.5 cm³/mol. The first kappa shape index (κ1) is 13.8. The number of thiophene rings is 1. The minimum Gasteiger partial charge on any atom is -0.506 e. The van der Waals surface area contributed by atoms with E-state index >= 15 is 0 Å². The lowest BCUT2D eigenvalue weighted by Gasteiger charge is -2.05. The third kappa shape index (κ3) is 3.94. The van der Waals surface area contributed by atoms with Gasteiger partial charge in [-0.15, -0.1) is 11.3 Å². The van der Waals surface area contributed by atoms with Crippen molar-refractivity contribution in [3.05, 3.63) is 50.6 Å². The van der Waals surface area contributed by atoms with Crippen LogP contribution in [-0.2, 0) is 4.79 Å². The minimum atomic E-state index is -0.274. The van der Waals surface area contributed by atoms with Gasteiger partial charge < -0.3 is 10.4 Å². The van der Waals surface area contributed by atoms with Crippen molar-refractivity contribution in [2.75, 3.05) is 5.32 Å². The maximum absolute atomic E-state index is 11.7. The summed E-state index contributed by atoms with van der Waals surface area (Å²) in [5, 5.41) is 12.3. The molecule has 0 unspecified atom stereocenters. The van der Waals surface area contributed by atoms with Gasteiger partial charge in [0.05, 0.1) is 9.47 Å². The van der Waals surface area contributed by atoms with Crippen LogP contribution in [0.1, 0.15) is 10.4 Å². The molecule has 0 saturated carbocycles. The molecule has 0 atom stereocenters. The van der Waals surface area contributed by atoms with Gasteiger partial charge in [0.1, 0.15) is 5.75 Å². The van der Waals surface area contributed by atoms with Crippen molar-refractivity contribution in [1.82, 2.24) is 0 Å². The molecule has 19 heavy (non-hydrogen) atoms. The van der Waals surface area contributed by atoms with E-state index in [1.54, 1.807) is 29.5 Å². The first-order valence-corrected chi connectivity index (χ1v) is 7.19. The van der Waals surface area contributed by atoms with Gasteiger partial charge in [-0.1, -0.05) is 6.07 Å². The molecule has 98 valence electrons. The van der Waals surface area contributed by atoms with Gasteiger partial charge in [0.25, 0.3) is 0 Å². The number of amides is 1. The molecule has 1 aromatic carbocycles. The molecule has 1 aromatic heterocycles. The Bertz CT molecular complexity index is 634. The van der Waals surface area contributed by atoms with E-state index in [2.05, 4.69) is 21.2 Å². The second kappa shape index (κ2) is 6.04. The maximum atomic E-state index is 11.7. The number of aromatic hydroxyl groups is 1. The molecule has 3 nitrogen and oxygen atoms in total. The fourth-order valence-corrected chi connectivity index (χ4v) is 2.82.